The molecule has 3 aromatic heterocycles. The molecule has 0 saturated heterocycles. The Morgan fingerprint density at radius 2 is 0.615 bits per heavy atom. The van der Waals surface area contributed by atoms with E-state index in [1.807, 2.05) is 0 Å². The third-order valence-corrected chi connectivity index (χ3v) is 14.0. The Morgan fingerprint density at radius 3 is 1.05 bits per heavy atom. The van der Waals surface area contributed by atoms with E-state index in [1.165, 1.54) is 104 Å². The third-order valence-electron chi connectivity index (χ3n) is 14.0. The van der Waals surface area contributed by atoms with E-state index in [9.17, 15) is 0 Å². The summed E-state index contributed by atoms with van der Waals surface area (Å²) >= 11 is 0. The number of nitrogens with one attached hydrogen (secondary N) is 1. The molecule has 13 aromatic rings. The highest BCUT2D eigenvalue weighted by atomic mass is 15.2. The Labute approximate surface area is 375 Å². The molecule has 0 radical (unpaired) electrons. The zero-order valence-electron chi connectivity index (χ0n) is 35.7. The van der Waals surface area contributed by atoms with Crippen LogP contribution in [0.3, 0.4) is 0 Å². The number of fused-ring (bicyclic) bond motifs is 12. The highest BCUT2D eigenvalue weighted by molar-refractivity contribution is 6.13. The number of hydrogen-bond acceptors (Lipinski definition) is 0. The van der Waals surface area contributed by atoms with Crippen LogP contribution in [-0.2, 0) is 0 Å². The highest BCUT2D eigenvalue weighted by Crippen LogP contribution is 2.46. The summed E-state index contributed by atoms with van der Waals surface area (Å²) in [7, 11) is 0. The van der Waals surface area contributed by atoms with Crippen molar-refractivity contribution in [1.82, 2.24) is 13.7 Å². The first-order valence-electron chi connectivity index (χ1n) is 22.5. The van der Waals surface area contributed by atoms with Crippen LogP contribution in [0.4, 0.5) is 17.1 Å². The number of benzene rings is 10. The summed E-state index contributed by atoms with van der Waals surface area (Å²) in [4.78, 5) is 1.26. The van der Waals surface area contributed by atoms with E-state index in [1.54, 1.807) is 0 Å². The molecule has 0 spiro atoms. The van der Waals surface area contributed by atoms with Gasteiger partial charge >= 0.3 is 0 Å². The fourth-order valence-corrected chi connectivity index (χ4v) is 11.3. The molecule has 0 unspecified atom stereocenters. The van der Waals surface area contributed by atoms with Gasteiger partial charge in [0.15, 0.2) is 0 Å². The van der Waals surface area contributed by atoms with Gasteiger partial charge in [-0.15, -0.1) is 0 Å². The second-order valence-corrected chi connectivity index (χ2v) is 17.5. The molecule has 4 heterocycles. The van der Waals surface area contributed by atoms with Crippen molar-refractivity contribution in [2.75, 3.05) is 0 Å². The van der Waals surface area contributed by atoms with Crippen molar-refractivity contribution in [2.24, 2.45) is 0 Å². The lowest BCUT2D eigenvalue weighted by Gasteiger charge is -2.23. The quantitative estimate of drug-likeness (QED) is 0.178. The first kappa shape index (κ1) is 36.1. The van der Waals surface area contributed by atoms with Gasteiger partial charge in [0, 0.05) is 84.5 Å². The summed E-state index contributed by atoms with van der Waals surface area (Å²) in [6.45, 7) is 2.28. The lowest BCUT2D eigenvalue weighted by atomic mass is 9.96. The standard InChI is InChI=1S/C61H40N4/c1-39-36-61(65-57-32-16-8-24-47(57)48-25-9-17-33-58(48)65)50(38-60(39)64-55-30-14-6-22-45(55)46-23-7-15-31-56(46)64)49-37-40(62-51-26-10-2-18-41(51)42-19-3-11-27-52(42)62)34-35-59(49)63-53-28-12-4-20-43(53)44-21-5-13-29-54(44)63/h2-38H,1H3/p+1. The van der Waals surface area contributed by atoms with Gasteiger partial charge in [-0.05, 0) is 79.2 Å². The fraction of sp³-hybridized carbons (Fsp3) is 0.0164. The minimum atomic E-state index is 1.13. The van der Waals surface area contributed by atoms with E-state index >= 15 is 0 Å². The second kappa shape index (κ2) is 13.8. The Morgan fingerprint density at radius 1 is 0.277 bits per heavy atom. The van der Waals surface area contributed by atoms with Crippen LogP contribution < -0.4 is 4.90 Å². The summed E-state index contributed by atoms with van der Waals surface area (Å²) in [5.41, 5.74) is 20.3. The van der Waals surface area contributed by atoms with Gasteiger partial charge in [0.05, 0.1) is 44.5 Å². The molecule has 4 heteroatoms. The predicted octanol–water partition coefficient (Wildman–Crippen LogP) is 15.1. The number of quaternary nitrogens is 1. The summed E-state index contributed by atoms with van der Waals surface area (Å²) in [6, 6.07) is 83.2. The molecule has 4 nitrogen and oxygen atoms in total. The molecular formula is C61H41N4+. The molecule has 1 N–H and O–H groups in total. The maximum Gasteiger partial charge on any atom is 0.149 e. The minimum Gasteiger partial charge on any atom is -0.309 e. The zero-order valence-corrected chi connectivity index (χ0v) is 35.7. The number of aromatic nitrogens is 3. The lowest BCUT2D eigenvalue weighted by molar-refractivity contribution is -0.677. The molecular weight excluding hydrogens is 789 g/mol. The van der Waals surface area contributed by atoms with Crippen LogP contribution >= 0.6 is 0 Å². The van der Waals surface area contributed by atoms with Gasteiger partial charge in [0.25, 0.3) is 0 Å². The second-order valence-electron chi connectivity index (χ2n) is 17.5. The molecule has 304 valence electrons. The molecule has 1 aliphatic rings. The first-order valence-corrected chi connectivity index (χ1v) is 22.5. The van der Waals surface area contributed by atoms with Gasteiger partial charge in [-0.1, -0.05) is 133 Å². The van der Waals surface area contributed by atoms with E-state index in [4.69, 9.17) is 0 Å². The molecule has 14 rings (SSSR count). The predicted molar refractivity (Wildman–Crippen MR) is 271 cm³/mol. The van der Waals surface area contributed by atoms with Crippen molar-refractivity contribution in [3.63, 3.8) is 0 Å². The van der Waals surface area contributed by atoms with Gasteiger partial charge in [-0.3, -0.25) is 0 Å². The molecule has 0 aliphatic carbocycles. The number of aryl methyl sites for hydroxylation is 1. The summed E-state index contributed by atoms with van der Waals surface area (Å²) in [6.07, 6.45) is 0. The number of para-hydroxylation sites is 8. The lowest BCUT2D eigenvalue weighted by Crippen LogP contribution is -2.95. The van der Waals surface area contributed by atoms with Crippen molar-refractivity contribution in [3.8, 4) is 39.3 Å². The first-order chi connectivity index (χ1) is 32.2. The van der Waals surface area contributed by atoms with Gasteiger partial charge in [-0.2, -0.15) is 0 Å². The number of nitrogens with zero attached hydrogens (tertiary/aromatic N) is 3. The maximum atomic E-state index is 2.51. The molecule has 0 bridgehead atoms. The molecule has 10 aromatic carbocycles. The van der Waals surface area contributed by atoms with Gasteiger partial charge < -0.3 is 13.7 Å². The van der Waals surface area contributed by atoms with E-state index in [2.05, 4.69) is 245 Å². The van der Waals surface area contributed by atoms with Crippen LogP contribution in [-0.4, -0.2) is 13.7 Å². The average Bonchev–Trinajstić information content (AvgIpc) is 4.09. The monoisotopic (exact) mass is 829 g/mol. The third kappa shape index (κ3) is 5.11. The van der Waals surface area contributed by atoms with Crippen LogP contribution in [0, 0.1) is 6.92 Å². The molecule has 0 amide bonds. The van der Waals surface area contributed by atoms with Gasteiger partial charge in [0.2, 0.25) is 0 Å². The van der Waals surface area contributed by atoms with Crippen LogP contribution in [0.15, 0.2) is 224 Å². The van der Waals surface area contributed by atoms with Crippen LogP contribution in [0.5, 0.6) is 0 Å². The Balaban J connectivity index is 1.16. The van der Waals surface area contributed by atoms with Crippen molar-refractivity contribution in [3.05, 3.63) is 230 Å². The molecule has 65 heavy (non-hydrogen) atoms. The molecule has 0 saturated carbocycles. The fourth-order valence-electron chi connectivity index (χ4n) is 11.3. The normalized spacial score (nSPS) is 12.6. The van der Waals surface area contributed by atoms with Crippen LogP contribution in [0.25, 0.3) is 105 Å². The number of rotatable bonds is 5. The minimum absolute atomic E-state index is 1.13. The summed E-state index contributed by atoms with van der Waals surface area (Å²) in [5, 5.41) is 7.46. The van der Waals surface area contributed by atoms with Crippen molar-refractivity contribution < 1.29 is 4.90 Å². The topological polar surface area (TPSA) is 19.2 Å². The maximum absolute atomic E-state index is 2.51. The Bertz CT molecular complexity index is 3900. The largest absolute Gasteiger partial charge is 0.309 e. The van der Waals surface area contributed by atoms with E-state index < -0.39 is 0 Å². The van der Waals surface area contributed by atoms with Crippen molar-refractivity contribution in [2.45, 2.75) is 6.92 Å². The average molecular weight is 830 g/mol. The van der Waals surface area contributed by atoms with Gasteiger partial charge in [0.1, 0.15) is 17.1 Å². The summed E-state index contributed by atoms with van der Waals surface area (Å²) < 4.78 is 7.50. The van der Waals surface area contributed by atoms with Gasteiger partial charge in [-0.25, -0.2) is 4.90 Å². The van der Waals surface area contributed by atoms with E-state index in [0.717, 1.165) is 28.2 Å². The number of hydrogen-bond donors (Lipinski definition) is 1. The highest BCUT2D eigenvalue weighted by Gasteiger charge is 2.34. The van der Waals surface area contributed by atoms with Crippen molar-refractivity contribution >= 4 is 82.5 Å². The van der Waals surface area contributed by atoms with Crippen LogP contribution in [0.1, 0.15) is 5.56 Å². The van der Waals surface area contributed by atoms with E-state index in [0.29, 0.717) is 0 Å². The van der Waals surface area contributed by atoms with E-state index in [-0.39, 0.29) is 0 Å². The molecule has 1 aliphatic heterocycles. The SMILES string of the molecule is Cc1cc(-n2c3ccccc3c3ccccc32)c(-c2cc([NH+]3c4ccccc4-c4ccccc43)ccc2-n2c3ccccc3c3ccccc32)cc1-n1c2ccccc2c2ccccc21. The smallest absolute Gasteiger partial charge is 0.149 e. The molecule has 0 fully saturated rings. The summed E-state index contributed by atoms with van der Waals surface area (Å²) in [5.74, 6) is 0. The van der Waals surface area contributed by atoms with Crippen molar-refractivity contribution in [1.29, 1.82) is 0 Å². The Kier molecular flexibility index (Phi) is 7.65. The molecule has 0 atom stereocenters. The van der Waals surface area contributed by atoms with Crippen LogP contribution in [0.2, 0.25) is 0 Å². The zero-order chi connectivity index (χ0) is 42.8. The Hall–Kier alpha value is -8.44.